The molecule has 7 nitrogen and oxygen atoms in total. The van der Waals surface area contributed by atoms with Crippen molar-refractivity contribution in [2.45, 2.75) is 25.7 Å². The van der Waals surface area contributed by atoms with Crippen molar-refractivity contribution in [2.24, 2.45) is 0 Å². The Morgan fingerprint density at radius 3 is 2.68 bits per heavy atom. The number of rotatable bonds is 4. The van der Waals surface area contributed by atoms with E-state index in [0.717, 1.165) is 45.5 Å². The van der Waals surface area contributed by atoms with E-state index in [-0.39, 0.29) is 5.91 Å². The van der Waals surface area contributed by atoms with E-state index >= 15 is 0 Å². The average molecular weight is 434 g/mol. The molecular formula is C23H23N5O2S. The van der Waals surface area contributed by atoms with Crippen molar-refractivity contribution in [1.82, 2.24) is 24.5 Å². The lowest BCUT2D eigenvalue weighted by Crippen LogP contribution is -2.38. The van der Waals surface area contributed by atoms with Crippen LogP contribution in [0.4, 0.5) is 0 Å². The normalized spacial score (nSPS) is 14.8. The fourth-order valence-corrected chi connectivity index (χ4v) is 5.22. The first-order valence-corrected chi connectivity index (χ1v) is 11.2. The fourth-order valence-electron chi connectivity index (χ4n) is 4.18. The van der Waals surface area contributed by atoms with E-state index in [1.165, 1.54) is 0 Å². The van der Waals surface area contributed by atoms with E-state index in [2.05, 4.69) is 15.2 Å². The Balaban J connectivity index is 1.30. The number of aromatic nitrogens is 4. The summed E-state index contributed by atoms with van der Waals surface area (Å²) in [6.07, 6.45) is 3.65. The van der Waals surface area contributed by atoms with Crippen molar-refractivity contribution in [3.63, 3.8) is 0 Å². The summed E-state index contributed by atoms with van der Waals surface area (Å²) in [5.74, 6) is 1.16. The number of carbonyl (C=O) groups excluding carboxylic acids is 1. The smallest absolute Gasteiger partial charge is 0.272 e. The molecule has 3 aromatic heterocycles. The monoisotopic (exact) mass is 433 g/mol. The number of piperidine rings is 1. The second-order valence-corrected chi connectivity index (χ2v) is 8.70. The molecule has 4 heterocycles. The number of likely N-dealkylation sites (tertiary alicyclic amines) is 1. The van der Waals surface area contributed by atoms with Crippen LogP contribution in [-0.2, 0) is 0 Å². The van der Waals surface area contributed by atoms with Crippen LogP contribution in [0.3, 0.4) is 0 Å². The van der Waals surface area contributed by atoms with Crippen LogP contribution in [0, 0.1) is 6.92 Å². The number of pyridine rings is 1. The zero-order valence-electron chi connectivity index (χ0n) is 17.5. The van der Waals surface area contributed by atoms with E-state index in [4.69, 9.17) is 4.74 Å². The van der Waals surface area contributed by atoms with Crippen LogP contribution in [0.1, 0.15) is 39.9 Å². The highest BCUT2D eigenvalue weighted by atomic mass is 32.1. The molecule has 0 aliphatic carbocycles. The first-order chi connectivity index (χ1) is 15.2. The molecule has 1 fully saturated rings. The van der Waals surface area contributed by atoms with Gasteiger partial charge in [0.25, 0.3) is 5.91 Å². The number of imidazole rings is 1. The minimum atomic E-state index is 0.0432. The van der Waals surface area contributed by atoms with Gasteiger partial charge >= 0.3 is 0 Å². The average Bonchev–Trinajstić information content (AvgIpc) is 3.43. The van der Waals surface area contributed by atoms with Gasteiger partial charge in [-0.1, -0.05) is 29.5 Å². The quantitative estimate of drug-likeness (QED) is 0.483. The third-order valence-corrected chi connectivity index (χ3v) is 6.94. The van der Waals surface area contributed by atoms with Gasteiger partial charge < -0.3 is 9.64 Å². The third kappa shape index (κ3) is 3.57. The largest absolute Gasteiger partial charge is 0.496 e. The van der Waals surface area contributed by atoms with Gasteiger partial charge in [0.15, 0.2) is 5.01 Å². The van der Waals surface area contributed by atoms with E-state index < -0.39 is 0 Å². The number of hydrogen-bond acceptors (Lipinski definition) is 6. The number of methoxy groups -OCH3 is 1. The molecule has 4 aromatic rings. The van der Waals surface area contributed by atoms with Gasteiger partial charge in [-0.3, -0.25) is 9.20 Å². The number of para-hydroxylation sites is 1. The highest BCUT2D eigenvalue weighted by Gasteiger charge is 2.29. The van der Waals surface area contributed by atoms with Crippen molar-refractivity contribution in [3.8, 4) is 16.3 Å². The molecule has 0 N–H and O–H groups in total. The Hall–Kier alpha value is -3.26. The van der Waals surface area contributed by atoms with Gasteiger partial charge in [-0.25, -0.2) is 4.98 Å². The summed E-state index contributed by atoms with van der Waals surface area (Å²) in [5, 5.41) is 10.8. The predicted octanol–water partition coefficient (Wildman–Crippen LogP) is 4.19. The van der Waals surface area contributed by atoms with Gasteiger partial charge in [-0.2, -0.15) is 0 Å². The second kappa shape index (κ2) is 8.11. The van der Waals surface area contributed by atoms with Crippen LogP contribution in [0.2, 0.25) is 0 Å². The summed E-state index contributed by atoms with van der Waals surface area (Å²) in [6.45, 7) is 3.30. The molecule has 1 aliphatic heterocycles. The Morgan fingerprint density at radius 2 is 1.87 bits per heavy atom. The van der Waals surface area contributed by atoms with Gasteiger partial charge in [0.1, 0.15) is 22.1 Å². The van der Waals surface area contributed by atoms with Gasteiger partial charge in [0, 0.05) is 25.2 Å². The maximum absolute atomic E-state index is 13.2. The number of ether oxygens (including phenoxy) is 1. The Bertz CT molecular complexity index is 1240. The van der Waals surface area contributed by atoms with E-state index in [1.54, 1.807) is 18.4 Å². The highest BCUT2D eigenvalue weighted by Crippen LogP contribution is 2.36. The number of fused-ring (bicyclic) bond motifs is 1. The second-order valence-electron chi connectivity index (χ2n) is 7.69. The molecule has 0 bridgehead atoms. The van der Waals surface area contributed by atoms with Crippen LogP contribution in [0.5, 0.6) is 5.75 Å². The van der Waals surface area contributed by atoms with Crippen LogP contribution < -0.4 is 4.74 Å². The highest BCUT2D eigenvalue weighted by molar-refractivity contribution is 7.14. The Kier molecular flexibility index (Phi) is 5.15. The van der Waals surface area contributed by atoms with Crippen LogP contribution in [-0.4, -0.2) is 50.6 Å². The number of amides is 1. The molecule has 1 amide bonds. The number of hydrogen-bond donors (Lipinski definition) is 0. The zero-order chi connectivity index (χ0) is 21.4. The van der Waals surface area contributed by atoms with Gasteiger partial charge in [-0.15, -0.1) is 10.2 Å². The topological polar surface area (TPSA) is 72.6 Å². The maximum atomic E-state index is 13.2. The van der Waals surface area contributed by atoms with Gasteiger partial charge in [0.2, 0.25) is 0 Å². The summed E-state index contributed by atoms with van der Waals surface area (Å²) in [6, 6.07) is 13.6. The summed E-state index contributed by atoms with van der Waals surface area (Å²) >= 11 is 1.61. The standard InChI is InChI=1S/C23H23N5O2S/c1-15-20(28-12-6-5-9-19(28)24-15)23(29)27-13-10-16(11-14-27)21-25-26-22(31-21)17-7-3-4-8-18(17)30-2/h3-9,12,16H,10-11,13-14H2,1-2H3. The molecule has 5 rings (SSSR count). The van der Waals surface area contributed by atoms with Crippen LogP contribution in [0.25, 0.3) is 16.2 Å². The maximum Gasteiger partial charge on any atom is 0.272 e. The minimum Gasteiger partial charge on any atom is -0.496 e. The lowest BCUT2D eigenvalue weighted by atomic mass is 9.97. The minimum absolute atomic E-state index is 0.0432. The number of benzene rings is 1. The van der Waals surface area contributed by atoms with Gasteiger partial charge in [-0.05, 0) is 44.0 Å². The van der Waals surface area contributed by atoms with Crippen LogP contribution >= 0.6 is 11.3 Å². The molecule has 158 valence electrons. The summed E-state index contributed by atoms with van der Waals surface area (Å²) in [7, 11) is 1.67. The number of nitrogens with zero attached hydrogens (tertiary/aromatic N) is 5. The van der Waals surface area contributed by atoms with Crippen LogP contribution in [0.15, 0.2) is 48.7 Å². The lowest BCUT2D eigenvalue weighted by molar-refractivity contribution is 0.0705. The Labute approximate surface area is 184 Å². The van der Waals surface area contributed by atoms with Crippen molar-refractivity contribution in [1.29, 1.82) is 0 Å². The molecule has 1 saturated heterocycles. The molecule has 0 spiro atoms. The SMILES string of the molecule is COc1ccccc1-c1nnc(C2CCN(C(=O)c3c(C)nc4ccccn34)CC2)s1. The Morgan fingerprint density at radius 1 is 1.10 bits per heavy atom. The number of aryl methyl sites for hydroxylation is 1. The summed E-state index contributed by atoms with van der Waals surface area (Å²) in [5.41, 5.74) is 3.19. The molecule has 1 aromatic carbocycles. The molecular weight excluding hydrogens is 410 g/mol. The molecule has 0 atom stereocenters. The van der Waals surface area contributed by atoms with Crippen molar-refractivity contribution in [2.75, 3.05) is 20.2 Å². The van der Waals surface area contributed by atoms with Gasteiger partial charge in [0.05, 0.1) is 18.4 Å². The van der Waals surface area contributed by atoms with E-state index in [0.29, 0.717) is 24.7 Å². The first kappa shape index (κ1) is 19.7. The molecule has 0 radical (unpaired) electrons. The predicted molar refractivity (Wildman–Crippen MR) is 120 cm³/mol. The molecule has 31 heavy (non-hydrogen) atoms. The number of carbonyl (C=O) groups is 1. The zero-order valence-corrected chi connectivity index (χ0v) is 18.3. The van der Waals surface area contributed by atoms with Crippen molar-refractivity contribution in [3.05, 3.63) is 65.1 Å². The van der Waals surface area contributed by atoms with E-state index in [1.807, 2.05) is 64.9 Å². The molecule has 8 heteroatoms. The third-order valence-electron chi connectivity index (χ3n) is 5.82. The fraction of sp³-hybridized carbons (Fsp3) is 0.304. The molecule has 0 saturated carbocycles. The van der Waals surface area contributed by atoms with Crippen molar-refractivity contribution >= 4 is 22.9 Å². The van der Waals surface area contributed by atoms with Crippen molar-refractivity contribution < 1.29 is 9.53 Å². The first-order valence-electron chi connectivity index (χ1n) is 10.4. The molecule has 1 aliphatic rings. The summed E-state index contributed by atoms with van der Waals surface area (Å²) < 4.78 is 7.34. The lowest BCUT2D eigenvalue weighted by Gasteiger charge is -2.31. The molecule has 0 unspecified atom stereocenters. The van der Waals surface area contributed by atoms with E-state index in [9.17, 15) is 4.79 Å². The summed E-state index contributed by atoms with van der Waals surface area (Å²) in [4.78, 5) is 19.7.